The van der Waals surface area contributed by atoms with Crippen LogP contribution in [-0.2, 0) is 0 Å². The van der Waals surface area contributed by atoms with Crippen LogP contribution in [0.25, 0.3) is 0 Å². The van der Waals surface area contributed by atoms with Gasteiger partial charge < -0.3 is 15.8 Å². The molecule has 12 heavy (non-hydrogen) atoms. The summed E-state index contributed by atoms with van der Waals surface area (Å²) in [4.78, 5) is 13.6. The maximum Gasteiger partial charge on any atom is 0.252 e. The standard InChI is InChI=1S/C8H12N2O2/c1-5(11)7(9)6-3-2-4-10-8(6)12/h2-5,7,11H,9H2,1H3,(H,10,12)/t5-,7+/m0/s1. The Morgan fingerprint density at radius 3 is 2.83 bits per heavy atom. The first-order chi connectivity index (χ1) is 5.63. The van der Waals surface area contributed by atoms with Crippen LogP contribution >= 0.6 is 0 Å². The topological polar surface area (TPSA) is 79.1 Å². The first-order valence-corrected chi connectivity index (χ1v) is 3.74. The normalized spacial score (nSPS) is 15.6. The third-order valence-electron chi connectivity index (χ3n) is 1.73. The van der Waals surface area contributed by atoms with Gasteiger partial charge in [-0.2, -0.15) is 0 Å². The fourth-order valence-electron chi connectivity index (χ4n) is 0.957. The van der Waals surface area contributed by atoms with Crippen molar-refractivity contribution in [3.63, 3.8) is 0 Å². The molecule has 2 atom stereocenters. The van der Waals surface area contributed by atoms with Crippen molar-refractivity contribution in [1.29, 1.82) is 0 Å². The SMILES string of the molecule is C[C@H](O)[C@@H](N)c1ccc[nH]c1=O. The van der Waals surface area contributed by atoms with E-state index in [4.69, 9.17) is 10.8 Å². The van der Waals surface area contributed by atoms with E-state index in [-0.39, 0.29) is 5.56 Å². The number of pyridine rings is 1. The Morgan fingerprint density at radius 2 is 2.33 bits per heavy atom. The van der Waals surface area contributed by atoms with Gasteiger partial charge in [0.15, 0.2) is 0 Å². The summed E-state index contributed by atoms with van der Waals surface area (Å²) in [6, 6.07) is 2.67. The second-order valence-corrected chi connectivity index (χ2v) is 2.72. The van der Waals surface area contributed by atoms with Gasteiger partial charge in [0.25, 0.3) is 5.56 Å². The summed E-state index contributed by atoms with van der Waals surface area (Å²) in [5.74, 6) is 0. The molecule has 4 N–H and O–H groups in total. The monoisotopic (exact) mass is 168 g/mol. The van der Waals surface area contributed by atoms with Crippen molar-refractivity contribution >= 4 is 0 Å². The molecular weight excluding hydrogens is 156 g/mol. The highest BCUT2D eigenvalue weighted by Gasteiger charge is 2.14. The van der Waals surface area contributed by atoms with Gasteiger partial charge in [-0.05, 0) is 13.0 Å². The van der Waals surface area contributed by atoms with E-state index in [1.807, 2.05) is 0 Å². The lowest BCUT2D eigenvalue weighted by Crippen LogP contribution is -2.29. The van der Waals surface area contributed by atoms with Crippen molar-refractivity contribution in [3.05, 3.63) is 34.2 Å². The molecule has 0 radical (unpaired) electrons. The molecule has 1 aromatic rings. The van der Waals surface area contributed by atoms with Gasteiger partial charge in [0.1, 0.15) is 0 Å². The van der Waals surface area contributed by atoms with Gasteiger partial charge in [-0.15, -0.1) is 0 Å². The Labute approximate surface area is 70.0 Å². The molecule has 0 aliphatic carbocycles. The van der Waals surface area contributed by atoms with E-state index in [1.165, 1.54) is 6.20 Å². The zero-order valence-corrected chi connectivity index (χ0v) is 6.82. The second kappa shape index (κ2) is 3.51. The molecule has 0 amide bonds. The number of hydrogen-bond donors (Lipinski definition) is 3. The Balaban J connectivity index is 3.03. The molecule has 4 nitrogen and oxygen atoms in total. The average molecular weight is 168 g/mol. The van der Waals surface area contributed by atoms with Crippen LogP contribution in [0.1, 0.15) is 18.5 Å². The number of aromatic nitrogens is 1. The lowest BCUT2D eigenvalue weighted by molar-refractivity contribution is 0.163. The van der Waals surface area contributed by atoms with Crippen molar-refractivity contribution in [2.45, 2.75) is 19.1 Å². The fourth-order valence-corrected chi connectivity index (χ4v) is 0.957. The number of rotatable bonds is 2. The van der Waals surface area contributed by atoms with E-state index < -0.39 is 12.1 Å². The first-order valence-electron chi connectivity index (χ1n) is 3.74. The summed E-state index contributed by atoms with van der Waals surface area (Å²) in [5.41, 5.74) is 5.73. The molecule has 0 aromatic carbocycles. The summed E-state index contributed by atoms with van der Waals surface area (Å²) in [7, 11) is 0. The molecule has 0 saturated heterocycles. The maximum atomic E-state index is 11.1. The molecule has 1 rings (SSSR count). The van der Waals surface area contributed by atoms with E-state index in [1.54, 1.807) is 19.1 Å². The van der Waals surface area contributed by atoms with E-state index in [0.717, 1.165) is 0 Å². The molecule has 1 aromatic heterocycles. The van der Waals surface area contributed by atoms with Gasteiger partial charge in [0.05, 0.1) is 12.1 Å². The Kier molecular flexibility index (Phi) is 2.62. The molecule has 0 fully saturated rings. The maximum absolute atomic E-state index is 11.1. The molecule has 66 valence electrons. The second-order valence-electron chi connectivity index (χ2n) is 2.72. The van der Waals surface area contributed by atoms with Gasteiger partial charge in [0.2, 0.25) is 0 Å². The summed E-state index contributed by atoms with van der Waals surface area (Å²) in [6.45, 7) is 1.55. The molecule has 0 saturated carbocycles. The molecule has 0 aliphatic heterocycles. The van der Waals surface area contributed by atoms with Crippen LogP contribution in [0.4, 0.5) is 0 Å². The van der Waals surface area contributed by atoms with Gasteiger partial charge in [-0.25, -0.2) is 0 Å². The number of nitrogens with one attached hydrogen (secondary N) is 1. The lowest BCUT2D eigenvalue weighted by atomic mass is 10.1. The smallest absolute Gasteiger partial charge is 0.252 e. The highest BCUT2D eigenvalue weighted by Crippen LogP contribution is 2.07. The van der Waals surface area contributed by atoms with E-state index in [2.05, 4.69) is 4.98 Å². The highest BCUT2D eigenvalue weighted by molar-refractivity contribution is 5.14. The van der Waals surface area contributed by atoms with Crippen LogP contribution < -0.4 is 11.3 Å². The average Bonchev–Trinajstić information content (AvgIpc) is 2.04. The minimum atomic E-state index is -0.714. The first kappa shape index (κ1) is 8.96. The highest BCUT2D eigenvalue weighted by atomic mass is 16.3. The van der Waals surface area contributed by atoms with Crippen molar-refractivity contribution in [3.8, 4) is 0 Å². The number of nitrogens with two attached hydrogens (primary N) is 1. The van der Waals surface area contributed by atoms with Crippen LogP contribution in [0.5, 0.6) is 0 Å². The summed E-state index contributed by atoms with van der Waals surface area (Å²) in [5, 5.41) is 9.12. The molecule has 0 aliphatic rings. The zero-order chi connectivity index (χ0) is 9.14. The van der Waals surface area contributed by atoms with Crippen molar-refractivity contribution in [1.82, 2.24) is 4.98 Å². The quantitative estimate of drug-likeness (QED) is 0.570. The van der Waals surface area contributed by atoms with E-state index >= 15 is 0 Å². The van der Waals surface area contributed by atoms with Crippen LogP contribution in [0.2, 0.25) is 0 Å². The summed E-state index contributed by atoms with van der Waals surface area (Å²) in [6.07, 6.45) is 0.814. The molecule has 0 unspecified atom stereocenters. The number of hydrogen-bond acceptors (Lipinski definition) is 3. The van der Waals surface area contributed by atoms with Gasteiger partial charge >= 0.3 is 0 Å². The van der Waals surface area contributed by atoms with Crippen LogP contribution in [0, 0.1) is 0 Å². The van der Waals surface area contributed by atoms with Gasteiger partial charge in [0, 0.05) is 11.8 Å². The lowest BCUT2D eigenvalue weighted by Gasteiger charge is -2.13. The number of aromatic amines is 1. The Hall–Kier alpha value is -1.13. The Bertz CT molecular complexity index is 306. The number of aliphatic hydroxyl groups excluding tert-OH is 1. The molecular formula is C8H12N2O2. The van der Waals surface area contributed by atoms with Gasteiger partial charge in [-0.3, -0.25) is 4.79 Å². The van der Waals surface area contributed by atoms with E-state index in [9.17, 15) is 4.79 Å². The van der Waals surface area contributed by atoms with E-state index in [0.29, 0.717) is 5.56 Å². The summed E-state index contributed by atoms with van der Waals surface area (Å²) >= 11 is 0. The van der Waals surface area contributed by atoms with Crippen LogP contribution in [0.3, 0.4) is 0 Å². The van der Waals surface area contributed by atoms with Crippen molar-refractivity contribution < 1.29 is 5.11 Å². The molecule has 0 spiro atoms. The minimum absolute atomic E-state index is 0.245. The largest absolute Gasteiger partial charge is 0.391 e. The minimum Gasteiger partial charge on any atom is -0.391 e. The van der Waals surface area contributed by atoms with Crippen molar-refractivity contribution in [2.24, 2.45) is 5.73 Å². The fraction of sp³-hybridized carbons (Fsp3) is 0.375. The molecule has 1 heterocycles. The zero-order valence-electron chi connectivity index (χ0n) is 6.82. The predicted molar refractivity (Wildman–Crippen MR) is 45.7 cm³/mol. The summed E-state index contributed by atoms with van der Waals surface area (Å²) < 4.78 is 0. The Morgan fingerprint density at radius 1 is 1.67 bits per heavy atom. The van der Waals surface area contributed by atoms with Crippen LogP contribution in [0.15, 0.2) is 23.1 Å². The third kappa shape index (κ3) is 1.72. The molecule has 4 heteroatoms. The third-order valence-corrected chi connectivity index (χ3v) is 1.73. The number of aliphatic hydroxyl groups is 1. The van der Waals surface area contributed by atoms with Gasteiger partial charge in [-0.1, -0.05) is 6.07 Å². The number of H-pyrrole nitrogens is 1. The predicted octanol–water partition coefficient (Wildman–Crippen LogP) is -0.244. The molecule has 0 bridgehead atoms. The van der Waals surface area contributed by atoms with Crippen LogP contribution in [-0.4, -0.2) is 16.2 Å². The van der Waals surface area contributed by atoms with Crippen molar-refractivity contribution in [2.75, 3.05) is 0 Å².